The van der Waals surface area contributed by atoms with E-state index in [0.717, 1.165) is 28.7 Å². The standard InChI is InChI=1S/C26H31N3O3/c1-3-18-4-6-21(7-5-18)28-25(30)20-11-15-26(31,16-12-20)14-10-19-13-17-27-22-8-9-23(32-2)29-24(19)22/h4-9,13,17,20,31H,3,10-12,14-16H2,1-2H3,(H,28,30). The highest BCUT2D eigenvalue weighted by Gasteiger charge is 2.35. The largest absolute Gasteiger partial charge is 0.481 e. The SMILES string of the molecule is CCc1ccc(NC(=O)C2CCC(O)(CCc3ccnc4ccc(OC)nc34)CC2)cc1. The first-order valence-electron chi connectivity index (χ1n) is 11.4. The van der Waals surface area contributed by atoms with Crippen LogP contribution in [0.15, 0.2) is 48.7 Å². The first kappa shape index (κ1) is 22.2. The van der Waals surface area contributed by atoms with Crippen LogP contribution >= 0.6 is 0 Å². The van der Waals surface area contributed by atoms with Gasteiger partial charge < -0.3 is 15.2 Å². The Morgan fingerprint density at radius 2 is 1.91 bits per heavy atom. The van der Waals surface area contributed by atoms with Gasteiger partial charge in [0.05, 0.1) is 23.7 Å². The van der Waals surface area contributed by atoms with Crippen molar-refractivity contribution in [2.24, 2.45) is 5.92 Å². The van der Waals surface area contributed by atoms with Crippen LogP contribution in [-0.2, 0) is 17.6 Å². The van der Waals surface area contributed by atoms with E-state index in [4.69, 9.17) is 4.74 Å². The van der Waals surface area contributed by atoms with Gasteiger partial charge >= 0.3 is 0 Å². The van der Waals surface area contributed by atoms with Crippen LogP contribution in [0.4, 0.5) is 5.69 Å². The molecule has 0 saturated heterocycles. The lowest BCUT2D eigenvalue weighted by atomic mass is 9.76. The van der Waals surface area contributed by atoms with E-state index in [9.17, 15) is 9.90 Å². The second-order valence-corrected chi connectivity index (χ2v) is 8.73. The number of carbonyl (C=O) groups is 1. The molecule has 0 spiro atoms. The summed E-state index contributed by atoms with van der Waals surface area (Å²) in [5, 5.41) is 14.2. The number of fused-ring (bicyclic) bond motifs is 1. The number of rotatable bonds is 7. The molecule has 6 nitrogen and oxygen atoms in total. The number of amides is 1. The molecule has 168 valence electrons. The molecule has 0 unspecified atom stereocenters. The number of pyridine rings is 2. The zero-order valence-electron chi connectivity index (χ0n) is 18.8. The quantitative estimate of drug-likeness (QED) is 0.565. The van der Waals surface area contributed by atoms with Crippen molar-refractivity contribution in [3.8, 4) is 5.88 Å². The molecular formula is C26H31N3O3. The van der Waals surface area contributed by atoms with Crippen LogP contribution in [0.5, 0.6) is 5.88 Å². The Bertz CT molecular complexity index is 1070. The minimum Gasteiger partial charge on any atom is -0.481 e. The summed E-state index contributed by atoms with van der Waals surface area (Å²) in [5.41, 5.74) is 4.02. The number of ether oxygens (including phenoxy) is 1. The van der Waals surface area contributed by atoms with Crippen LogP contribution < -0.4 is 10.1 Å². The molecule has 1 aromatic carbocycles. The van der Waals surface area contributed by atoms with Crippen molar-refractivity contribution in [2.45, 2.75) is 57.5 Å². The normalized spacial score (nSPS) is 20.8. The average molecular weight is 434 g/mol. The molecule has 0 bridgehead atoms. The number of hydrogen-bond acceptors (Lipinski definition) is 5. The van der Waals surface area contributed by atoms with E-state index < -0.39 is 5.60 Å². The number of nitrogens with one attached hydrogen (secondary N) is 1. The zero-order valence-corrected chi connectivity index (χ0v) is 18.8. The van der Waals surface area contributed by atoms with Crippen LogP contribution in [0.25, 0.3) is 11.0 Å². The highest BCUT2D eigenvalue weighted by Crippen LogP contribution is 2.36. The average Bonchev–Trinajstić information content (AvgIpc) is 2.83. The Balaban J connectivity index is 1.34. The molecule has 1 aliphatic carbocycles. The lowest BCUT2D eigenvalue weighted by Crippen LogP contribution is -2.38. The highest BCUT2D eigenvalue weighted by molar-refractivity contribution is 5.92. The Morgan fingerprint density at radius 1 is 1.16 bits per heavy atom. The summed E-state index contributed by atoms with van der Waals surface area (Å²) in [4.78, 5) is 21.6. The van der Waals surface area contributed by atoms with Gasteiger partial charge in [-0.2, -0.15) is 0 Å². The van der Waals surface area contributed by atoms with Gasteiger partial charge in [0.2, 0.25) is 11.8 Å². The van der Waals surface area contributed by atoms with Gasteiger partial charge in [0.25, 0.3) is 0 Å². The van der Waals surface area contributed by atoms with E-state index in [1.54, 1.807) is 19.4 Å². The summed E-state index contributed by atoms with van der Waals surface area (Å²) < 4.78 is 5.25. The van der Waals surface area contributed by atoms with E-state index in [0.29, 0.717) is 44.4 Å². The van der Waals surface area contributed by atoms with E-state index in [1.165, 1.54) is 5.56 Å². The van der Waals surface area contributed by atoms with Crippen molar-refractivity contribution in [1.29, 1.82) is 0 Å². The molecule has 2 N–H and O–H groups in total. The molecule has 0 atom stereocenters. The first-order valence-corrected chi connectivity index (χ1v) is 11.4. The van der Waals surface area contributed by atoms with Crippen LogP contribution in [0.2, 0.25) is 0 Å². The van der Waals surface area contributed by atoms with E-state index in [-0.39, 0.29) is 11.8 Å². The van der Waals surface area contributed by atoms with Crippen LogP contribution in [0, 0.1) is 5.92 Å². The minimum absolute atomic E-state index is 0.0488. The molecule has 1 amide bonds. The molecule has 4 rings (SSSR count). The lowest BCUT2D eigenvalue weighted by molar-refractivity contribution is -0.122. The summed E-state index contributed by atoms with van der Waals surface area (Å²) in [7, 11) is 1.60. The Labute approximate surface area is 189 Å². The smallest absolute Gasteiger partial charge is 0.227 e. The number of aliphatic hydroxyl groups is 1. The Morgan fingerprint density at radius 3 is 2.59 bits per heavy atom. The molecule has 1 saturated carbocycles. The molecule has 0 aliphatic heterocycles. The number of hydrogen-bond donors (Lipinski definition) is 2. The summed E-state index contributed by atoms with van der Waals surface area (Å²) in [6.07, 6.45) is 6.74. The van der Waals surface area contributed by atoms with Gasteiger partial charge in [-0.05, 0) is 80.3 Å². The van der Waals surface area contributed by atoms with Crippen molar-refractivity contribution in [3.63, 3.8) is 0 Å². The van der Waals surface area contributed by atoms with Gasteiger partial charge in [-0.15, -0.1) is 0 Å². The van der Waals surface area contributed by atoms with Crippen molar-refractivity contribution in [3.05, 3.63) is 59.8 Å². The number of benzene rings is 1. The molecule has 2 aromatic heterocycles. The van der Waals surface area contributed by atoms with Crippen molar-refractivity contribution in [1.82, 2.24) is 9.97 Å². The molecule has 3 aromatic rings. The zero-order chi connectivity index (χ0) is 22.6. The molecule has 2 heterocycles. The fourth-order valence-electron chi connectivity index (χ4n) is 4.48. The molecule has 0 radical (unpaired) electrons. The van der Waals surface area contributed by atoms with Gasteiger partial charge in [-0.1, -0.05) is 19.1 Å². The van der Waals surface area contributed by atoms with Gasteiger partial charge in [-0.25, -0.2) is 4.98 Å². The van der Waals surface area contributed by atoms with E-state index in [1.807, 2.05) is 36.4 Å². The van der Waals surface area contributed by atoms with Crippen molar-refractivity contribution < 1.29 is 14.6 Å². The third-order valence-corrected chi connectivity index (χ3v) is 6.63. The monoisotopic (exact) mass is 433 g/mol. The predicted octanol–water partition coefficient (Wildman–Crippen LogP) is 4.69. The first-order chi connectivity index (χ1) is 15.5. The van der Waals surface area contributed by atoms with Crippen LogP contribution in [-0.4, -0.2) is 33.7 Å². The molecular weight excluding hydrogens is 402 g/mol. The number of methoxy groups -OCH3 is 1. The van der Waals surface area contributed by atoms with E-state index >= 15 is 0 Å². The van der Waals surface area contributed by atoms with Gasteiger partial charge in [-0.3, -0.25) is 9.78 Å². The van der Waals surface area contributed by atoms with Gasteiger partial charge in [0, 0.05) is 23.9 Å². The van der Waals surface area contributed by atoms with Crippen molar-refractivity contribution in [2.75, 3.05) is 12.4 Å². The fraction of sp³-hybridized carbons (Fsp3) is 0.423. The van der Waals surface area contributed by atoms with Gasteiger partial charge in [0.1, 0.15) is 0 Å². The molecule has 1 fully saturated rings. The van der Waals surface area contributed by atoms with Gasteiger partial charge in [0.15, 0.2) is 0 Å². The van der Waals surface area contributed by atoms with Crippen LogP contribution in [0.1, 0.15) is 50.2 Å². The van der Waals surface area contributed by atoms with E-state index in [2.05, 4.69) is 22.2 Å². The number of aryl methyl sites for hydroxylation is 2. The number of nitrogens with zero attached hydrogens (tertiary/aromatic N) is 2. The van der Waals surface area contributed by atoms with Crippen LogP contribution in [0.3, 0.4) is 0 Å². The summed E-state index contributed by atoms with van der Waals surface area (Å²) in [6, 6.07) is 13.7. The molecule has 6 heteroatoms. The second kappa shape index (κ2) is 9.65. The maximum Gasteiger partial charge on any atom is 0.227 e. The summed E-state index contributed by atoms with van der Waals surface area (Å²) in [5.74, 6) is 0.544. The summed E-state index contributed by atoms with van der Waals surface area (Å²) in [6.45, 7) is 2.11. The van der Waals surface area contributed by atoms with Crippen molar-refractivity contribution >= 4 is 22.6 Å². The number of aromatic nitrogens is 2. The topological polar surface area (TPSA) is 84.3 Å². The Hall–Kier alpha value is -2.99. The maximum absolute atomic E-state index is 12.7. The predicted molar refractivity (Wildman–Crippen MR) is 126 cm³/mol. The molecule has 1 aliphatic rings. The minimum atomic E-state index is -0.756. The summed E-state index contributed by atoms with van der Waals surface area (Å²) >= 11 is 0. The number of anilines is 1. The molecule has 32 heavy (non-hydrogen) atoms. The second-order valence-electron chi connectivity index (χ2n) is 8.73. The third kappa shape index (κ3) is 5.07. The third-order valence-electron chi connectivity index (χ3n) is 6.63. The number of carbonyl (C=O) groups excluding carboxylic acids is 1. The maximum atomic E-state index is 12.7. The Kier molecular flexibility index (Phi) is 6.70. The lowest BCUT2D eigenvalue weighted by Gasteiger charge is -2.35. The fourth-order valence-corrected chi connectivity index (χ4v) is 4.48. The highest BCUT2D eigenvalue weighted by atomic mass is 16.5.